The molecule has 7 aromatic rings. The van der Waals surface area contributed by atoms with Crippen LogP contribution in [0.1, 0.15) is 25.0 Å². The largest absolute Gasteiger partial charge is 0.278 e. The van der Waals surface area contributed by atoms with Crippen molar-refractivity contribution in [1.29, 1.82) is 0 Å². The van der Waals surface area contributed by atoms with E-state index >= 15 is 0 Å². The number of hydrogen-bond donors (Lipinski definition) is 0. The summed E-state index contributed by atoms with van der Waals surface area (Å²) in [6, 6.07) is 34.8. The Morgan fingerprint density at radius 3 is 2.36 bits per heavy atom. The van der Waals surface area contributed by atoms with Crippen molar-refractivity contribution in [3.8, 4) is 17.1 Å². The van der Waals surface area contributed by atoms with Gasteiger partial charge in [-0.2, -0.15) is 0 Å². The van der Waals surface area contributed by atoms with Crippen molar-refractivity contribution < 1.29 is 0 Å². The molecule has 0 bridgehead atoms. The first-order valence-electron chi connectivity index (χ1n) is 12.4. The fourth-order valence-electron chi connectivity index (χ4n) is 6.36. The van der Waals surface area contributed by atoms with E-state index in [0.29, 0.717) is 5.95 Å². The molecule has 0 saturated heterocycles. The van der Waals surface area contributed by atoms with Gasteiger partial charge in [-0.25, -0.2) is 9.97 Å². The Morgan fingerprint density at radius 2 is 1.42 bits per heavy atom. The minimum Gasteiger partial charge on any atom is -0.278 e. The zero-order chi connectivity index (χ0) is 24.0. The van der Waals surface area contributed by atoms with Crippen molar-refractivity contribution in [3.05, 3.63) is 114 Å². The lowest BCUT2D eigenvalue weighted by molar-refractivity contribution is 0.661. The first-order valence-corrected chi connectivity index (χ1v) is 12.4. The predicted octanol–water partition coefficient (Wildman–Crippen LogP) is 8.19. The maximum Gasteiger partial charge on any atom is 0.235 e. The van der Waals surface area contributed by atoms with E-state index in [9.17, 15) is 0 Å². The van der Waals surface area contributed by atoms with Gasteiger partial charge in [0.15, 0.2) is 0 Å². The smallest absolute Gasteiger partial charge is 0.235 e. The molecule has 0 N–H and O–H groups in total. The number of aromatic nitrogens is 3. The third kappa shape index (κ3) is 2.42. The Balaban J connectivity index is 1.51. The summed E-state index contributed by atoms with van der Waals surface area (Å²) in [6.45, 7) is 4.68. The van der Waals surface area contributed by atoms with E-state index in [2.05, 4.69) is 97.3 Å². The second kappa shape index (κ2) is 6.79. The van der Waals surface area contributed by atoms with Crippen LogP contribution < -0.4 is 0 Å². The van der Waals surface area contributed by atoms with E-state index in [1.165, 1.54) is 43.8 Å². The number of benzene rings is 5. The molecule has 0 amide bonds. The number of fused-ring (bicyclic) bond motifs is 10. The number of para-hydroxylation sites is 2. The second-order valence-corrected chi connectivity index (χ2v) is 10.3. The van der Waals surface area contributed by atoms with Crippen LogP contribution in [0.5, 0.6) is 0 Å². The molecule has 0 spiro atoms. The average molecular weight is 462 g/mol. The molecule has 3 heteroatoms. The molecule has 3 nitrogen and oxygen atoms in total. The summed E-state index contributed by atoms with van der Waals surface area (Å²) in [5.41, 5.74) is 8.71. The van der Waals surface area contributed by atoms with Gasteiger partial charge in [0.25, 0.3) is 0 Å². The van der Waals surface area contributed by atoms with Crippen molar-refractivity contribution in [2.45, 2.75) is 19.3 Å². The molecule has 0 radical (unpaired) electrons. The molecule has 8 rings (SSSR count). The van der Waals surface area contributed by atoms with Crippen molar-refractivity contribution in [3.63, 3.8) is 0 Å². The summed E-state index contributed by atoms with van der Waals surface area (Å²) in [5.74, 6) is 0.701. The van der Waals surface area contributed by atoms with Gasteiger partial charge in [-0.15, -0.1) is 0 Å². The van der Waals surface area contributed by atoms with E-state index in [1.807, 2.05) is 24.4 Å². The monoisotopic (exact) mass is 461 g/mol. The second-order valence-electron chi connectivity index (χ2n) is 10.3. The molecule has 0 saturated carbocycles. The molecule has 1 aliphatic carbocycles. The predicted molar refractivity (Wildman–Crippen MR) is 149 cm³/mol. The minimum atomic E-state index is -0.0119. The Kier molecular flexibility index (Phi) is 3.73. The van der Waals surface area contributed by atoms with Crippen molar-refractivity contribution in [2.24, 2.45) is 0 Å². The molecule has 170 valence electrons. The topological polar surface area (TPSA) is 30.7 Å². The normalized spacial score (nSPS) is 14.1. The van der Waals surface area contributed by atoms with Crippen LogP contribution in [-0.2, 0) is 5.41 Å². The van der Waals surface area contributed by atoms with E-state index in [1.54, 1.807) is 0 Å². The molecule has 36 heavy (non-hydrogen) atoms. The van der Waals surface area contributed by atoms with Gasteiger partial charge in [0.2, 0.25) is 5.95 Å². The molecule has 2 aromatic heterocycles. The van der Waals surface area contributed by atoms with Crippen LogP contribution in [0, 0.1) is 0 Å². The lowest BCUT2D eigenvalue weighted by atomic mass is 9.82. The summed E-state index contributed by atoms with van der Waals surface area (Å²) in [6.07, 6.45) is 1.92. The molecule has 0 unspecified atom stereocenters. The zero-order valence-corrected chi connectivity index (χ0v) is 20.2. The molecule has 0 atom stereocenters. The summed E-state index contributed by atoms with van der Waals surface area (Å²) < 4.78 is 2.21. The van der Waals surface area contributed by atoms with Crippen LogP contribution in [0.15, 0.2) is 103 Å². The van der Waals surface area contributed by atoms with Gasteiger partial charge in [0.05, 0.1) is 16.6 Å². The molecule has 0 fully saturated rings. The molecule has 1 aliphatic rings. The van der Waals surface area contributed by atoms with Crippen LogP contribution in [-0.4, -0.2) is 14.5 Å². The van der Waals surface area contributed by atoms with Gasteiger partial charge < -0.3 is 0 Å². The van der Waals surface area contributed by atoms with E-state index < -0.39 is 0 Å². The summed E-state index contributed by atoms with van der Waals surface area (Å²) >= 11 is 0. The Hall–Kier alpha value is -4.50. The number of rotatable bonds is 1. The van der Waals surface area contributed by atoms with Gasteiger partial charge in [-0.3, -0.25) is 4.57 Å². The lowest BCUT2D eigenvalue weighted by Gasteiger charge is -2.21. The van der Waals surface area contributed by atoms with Gasteiger partial charge in [0.1, 0.15) is 0 Å². The first-order chi connectivity index (χ1) is 17.6. The Bertz CT molecular complexity index is 2030. The Labute approximate surface area is 208 Å². The maximum absolute atomic E-state index is 4.96. The summed E-state index contributed by atoms with van der Waals surface area (Å²) in [7, 11) is 0. The molecule has 5 aromatic carbocycles. The van der Waals surface area contributed by atoms with E-state index in [4.69, 9.17) is 9.97 Å². The molecular weight excluding hydrogens is 438 g/mol. The van der Waals surface area contributed by atoms with Crippen molar-refractivity contribution >= 4 is 43.5 Å². The highest BCUT2D eigenvalue weighted by molar-refractivity contribution is 6.23. The van der Waals surface area contributed by atoms with Crippen LogP contribution in [0.2, 0.25) is 0 Å². The van der Waals surface area contributed by atoms with Gasteiger partial charge in [-0.1, -0.05) is 92.7 Å². The van der Waals surface area contributed by atoms with Gasteiger partial charge in [0, 0.05) is 27.8 Å². The fourth-order valence-corrected chi connectivity index (χ4v) is 6.36. The highest BCUT2D eigenvalue weighted by Crippen LogP contribution is 2.52. The molecule has 0 aliphatic heterocycles. The quantitative estimate of drug-likeness (QED) is 0.247. The zero-order valence-electron chi connectivity index (χ0n) is 20.2. The van der Waals surface area contributed by atoms with Crippen LogP contribution in [0.25, 0.3) is 60.6 Å². The van der Waals surface area contributed by atoms with Crippen molar-refractivity contribution in [2.75, 3.05) is 0 Å². The number of hydrogen-bond acceptors (Lipinski definition) is 2. The lowest BCUT2D eigenvalue weighted by Crippen LogP contribution is -2.14. The number of nitrogens with zero attached hydrogens (tertiary/aromatic N) is 3. The summed E-state index contributed by atoms with van der Waals surface area (Å²) in [5, 5.41) is 6.10. The van der Waals surface area contributed by atoms with Gasteiger partial charge in [-0.05, 0) is 51.2 Å². The van der Waals surface area contributed by atoms with Crippen LogP contribution in [0.4, 0.5) is 0 Å². The third-order valence-corrected chi connectivity index (χ3v) is 8.05. The highest BCUT2D eigenvalue weighted by atomic mass is 15.2. The molecule has 2 heterocycles. The van der Waals surface area contributed by atoms with Gasteiger partial charge >= 0.3 is 0 Å². The average Bonchev–Trinajstić information content (AvgIpc) is 3.38. The maximum atomic E-state index is 4.96. The molecular formula is C33H23N3. The van der Waals surface area contributed by atoms with E-state index in [0.717, 1.165) is 21.9 Å². The third-order valence-electron chi connectivity index (χ3n) is 8.05. The van der Waals surface area contributed by atoms with E-state index in [-0.39, 0.29) is 5.41 Å². The standard InChI is InChI=1S/C33H23N3/c1-33(2)25-12-6-4-10-23(25)30-21-16-18-29-31(22(21)15-17-26(30)33)24-11-5-8-14-28(24)36(29)32-34-19-20-9-3-7-13-27(20)35-32/h3-19H,1-2H3. The highest BCUT2D eigenvalue weighted by Gasteiger charge is 2.36. The Morgan fingerprint density at radius 1 is 0.639 bits per heavy atom. The van der Waals surface area contributed by atoms with Crippen LogP contribution in [0.3, 0.4) is 0 Å². The summed E-state index contributed by atoms with van der Waals surface area (Å²) in [4.78, 5) is 9.74. The first kappa shape index (κ1) is 19.8. The van der Waals surface area contributed by atoms with Crippen LogP contribution >= 0.6 is 0 Å². The minimum absolute atomic E-state index is 0.0119. The SMILES string of the molecule is CC1(C)c2ccccc2-c2c1ccc1c2ccc2c1c1ccccc1n2-c1ncc2ccccc2n1. The van der Waals surface area contributed by atoms with Crippen molar-refractivity contribution in [1.82, 2.24) is 14.5 Å². The fraction of sp³-hybridized carbons (Fsp3) is 0.0909.